The SMILES string of the molecule is O=C(c1ccc(Cl)cc1Cl)N1CCN(c2c(F)c(F)nc(F)c2F)CC1. The molecule has 0 unspecified atom stereocenters. The lowest BCUT2D eigenvalue weighted by Crippen LogP contribution is -2.49. The van der Waals surface area contributed by atoms with Gasteiger partial charge in [-0.25, -0.2) is 0 Å². The zero-order chi connectivity index (χ0) is 19.0. The minimum absolute atomic E-state index is 0.0202. The number of carbonyl (C=O) groups excluding carboxylic acids is 1. The number of amides is 1. The van der Waals surface area contributed by atoms with Gasteiger partial charge in [-0.1, -0.05) is 23.2 Å². The number of benzene rings is 1. The molecule has 1 aromatic heterocycles. The van der Waals surface area contributed by atoms with Crippen molar-refractivity contribution in [1.82, 2.24) is 9.88 Å². The van der Waals surface area contributed by atoms with Crippen LogP contribution in [-0.4, -0.2) is 42.0 Å². The van der Waals surface area contributed by atoms with E-state index in [9.17, 15) is 22.4 Å². The fourth-order valence-electron chi connectivity index (χ4n) is 2.72. The van der Waals surface area contributed by atoms with E-state index in [1.165, 1.54) is 23.1 Å². The Morgan fingerprint density at radius 2 is 1.54 bits per heavy atom. The molecule has 2 aromatic rings. The van der Waals surface area contributed by atoms with Crippen LogP contribution in [0.3, 0.4) is 0 Å². The summed E-state index contributed by atoms with van der Waals surface area (Å²) in [5, 5.41) is 0.560. The van der Waals surface area contributed by atoms with Crippen molar-refractivity contribution < 1.29 is 22.4 Å². The van der Waals surface area contributed by atoms with Crippen LogP contribution in [-0.2, 0) is 0 Å². The van der Waals surface area contributed by atoms with Gasteiger partial charge in [-0.05, 0) is 18.2 Å². The molecule has 1 aliphatic heterocycles. The van der Waals surface area contributed by atoms with Gasteiger partial charge in [0.15, 0.2) is 0 Å². The van der Waals surface area contributed by atoms with Crippen LogP contribution in [0.15, 0.2) is 18.2 Å². The average molecular weight is 408 g/mol. The second-order valence-corrected chi connectivity index (χ2v) is 6.42. The number of hydrogen-bond acceptors (Lipinski definition) is 3. The first-order valence-corrected chi connectivity index (χ1v) is 8.24. The number of anilines is 1. The second kappa shape index (κ2) is 7.28. The molecule has 3 rings (SSSR count). The first-order chi connectivity index (χ1) is 12.3. The molecule has 2 heterocycles. The van der Waals surface area contributed by atoms with Crippen LogP contribution >= 0.6 is 23.2 Å². The van der Waals surface area contributed by atoms with E-state index in [0.29, 0.717) is 5.02 Å². The summed E-state index contributed by atoms with van der Waals surface area (Å²) in [4.78, 5) is 17.6. The Bertz CT molecular complexity index is 847. The third kappa shape index (κ3) is 3.43. The van der Waals surface area contributed by atoms with Crippen molar-refractivity contribution in [2.45, 2.75) is 0 Å². The number of nitrogens with zero attached hydrogens (tertiary/aromatic N) is 3. The third-order valence-corrected chi connectivity index (χ3v) is 4.57. The molecule has 4 nitrogen and oxygen atoms in total. The van der Waals surface area contributed by atoms with Crippen LogP contribution in [0.5, 0.6) is 0 Å². The number of carbonyl (C=O) groups is 1. The van der Waals surface area contributed by atoms with Crippen molar-refractivity contribution in [3.63, 3.8) is 0 Å². The monoisotopic (exact) mass is 407 g/mol. The Morgan fingerprint density at radius 3 is 2.08 bits per heavy atom. The maximum atomic E-state index is 13.8. The highest BCUT2D eigenvalue weighted by molar-refractivity contribution is 6.36. The molecule has 1 aliphatic rings. The van der Waals surface area contributed by atoms with Gasteiger partial charge >= 0.3 is 0 Å². The predicted octanol–water partition coefficient (Wildman–Crippen LogP) is 3.91. The van der Waals surface area contributed by atoms with Gasteiger partial charge in [0.05, 0.1) is 10.6 Å². The topological polar surface area (TPSA) is 36.4 Å². The van der Waals surface area contributed by atoms with Gasteiger partial charge in [-0.2, -0.15) is 22.5 Å². The van der Waals surface area contributed by atoms with E-state index in [1.807, 2.05) is 0 Å². The van der Waals surface area contributed by atoms with Gasteiger partial charge < -0.3 is 9.80 Å². The van der Waals surface area contributed by atoms with Crippen molar-refractivity contribution in [1.29, 1.82) is 0 Å². The molecule has 1 aromatic carbocycles. The number of aromatic nitrogens is 1. The highest BCUT2D eigenvalue weighted by atomic mass is 35.5. The fraction of sp³-hybridized carbons (Fsp3) is 0.250. The lowest BCUT2D eigenvalue weighted by molar-refractivity contribution is 0.0746. The van der Waals surface area contributed by atoms with E-state index in [1.54, 1.807) is 0 Å². The Kier molecular flexibility index (Phi) is 5.24. The van der Waals surface area contributed by atoms with E-state index in [-0.39, 0.29) is 42.7 Å². The summed E-state index contributed by atoms with van der Waals surface area (Å²) in [5.41, 5.74) is -0.588. The molecule has 10 heteroatoms. The smallest absolute Gasteiger partial charge is 0.255 e. The minimum atomic E-state index is -1.72. The summed E-state index contributed by atoms with van der Waals surface area (Å²) >= 11 is 11.8. The van der Waals surface area contributed by atoms with Gasteiger partial charge in [0.1, 0.15) is 5.69 Å². The van der Waals surface area contributed by atoms with Crippen molar-refractivity contribution in [3.8, 4) is 0 Å². The van der Waals surface area contributed by atoms with Crippen molar-refractivity contribution >= 4 is 34.8 Å². The zero-order valence-electron chi connectivity index (χ0n) is 13.1. The lowest BCUT2D eigenvalue weighted by atomic mass is 10.1. The summed E-state index contributed by atoms with van der Waals surface area (Å²) in [6.07, 6.45) is 0. The Balaban J connectivity index is 1.77. The van der Waals surface area contributed by atoms with Gasteiger partial charge in [0.25, 0.3) is 17.8 Å². The van der Waals surface area contributed by atoms with E-state index in [0.717, 1.165) is 4.90 Å². The molecule has 1 amide bonds. The van der Waals surface area contributed by atoms with E-state index in [2.05, 4.69) is 4.98 Å². The molecule has 0 N–H and O–H groups in total. The maximum Gasteiger partial charge on any atom is 0.255 e. The third-order valence-electron chi connectivity index (χ3n) is 4.02. The quantitative estimate of drug-likeness (QED) is 0.559. The lowest BCUT2D eigenvalue weighted by Gasteiger charge is -2.36. The van der Waals surface area contributed by atoms with Crippen LogP contribution in [0.25, 0.3) is 0 Å². The molecule has 0 bridgehead atoms. The molecule has 0 aliphatic carbocycles. The average Bonchev–Trinajstić information content (AvgIpc) is 2.60. The number of halogens is 6. The van der Waals surface area contributed by atoms with Crippen LogP contribution < -0.4 is 4.90 Å². The van der Waals surface area contributed by atoms with Gasteiger partial charge in [-0.3, -0.25) is 4.79 Å². The van der Waals surface area contributed by atoms with Crippen LogP contribution in [0, 0.1) is 23.5 Å². The van der Waals surface area contributed by atoms with Crippen molar-refractivity contribution in [2.24, 2.45) is 0 Å². The zero-order valence-corrected chi connectivity index (χ0v) is 14.6. The van der Waals surface area contributed by atoms with E-state index >= 15 is 0 Å². The largest absolute Gasteiger partial charge is 0.363 e. The van der Waals surface area contributed by atoms with Crippen LogP contribution in [0.4, 0.5) is 23.2 Å². The number of pyridine rings is 1. The van der Waals surface area contributed by atoms with E-state index < -0.39 is 29.2 Å². The maximum absolute atomic E-state index is 13.8. The van der Waals surface area contributed by atoms with Crippen molar-refractivity contribution in [2.75, 3.05) is 31.1 Å². The highest BCUT2D eigenvalue weighted by Crippen LogP contribution is 2.28. The number of rotatable bonds is 2. The summed E-state index contributed by atoms with van der Waals surface area (Å²) in [7, 11) is 0. The first kappa shape index (κ1) is 18.7. The molecule has 0 spiro atoms. The molecular formula is C16H11Cl2F4N3O. The van der Waals surface area contributed by atoms with Crippen LogP contribution in [0.2, 0.25) is 10.0 Å². The van der Waals surface area contributed by atoms with E-state index in [4.69, 9.17) is 23.2 Å². The standard InChI is InChI=1S/C16H11Cl2F4N3O/c17-8-1-2-9(10(18)7-8)16(26)25-5-3-24(4-6-25)13-11(19)14(21)23-15(22)12(13)20/h1-2,7H,3-6H2. The first-order valence-electron chi connectivity index (χ1n) is 7.49. The number of hydrogen-bond donors (Lipinski definition) is 0. The molecule has 0 atom stereocenters. The molecule has 0 saturated carbocycles. The van der Waals surface area contributed by atoms with Crippen LogP contribution in [0.1, 0.15) is 10.4 Å². The Morgan fingerprint density at radius 1 is 0.962 bits per heavy atom. The molecule has 26 heavy (non-hydrogen) atoms. The molecule has 1 fully saturated rings. The normalized spacial score (nSPS) is 14.7. The summed E-state index contributed by atoms with van der Waals surface area (Å²) in [5.74, 6) is -6.94. The molecule has 1 saturated heterocycles. The van der Waals surface area contributed by atoms with Gasteiger partial charge in [-0.15, -0.1) is 0 Å². The second-order valence-electron chi connectivity index (χ2n) is 5.57. The highest BCUT2D eigenvalue weighted by Gasteiger charge is 2.30. The molecular weight excluding hydrogens is 397 g/mol. The summed E-state index contributed by atoms with van der Waals surface area (Å²) in [6.45, 7) is 0.131. The van der Waals surface area contributed by atoms with Crippen molar-refractivity contribution in [3.05, 3.63) is 57.3 Å². The predicted molar refractivity (Wildman–Crippen MR) is 88.6 cm³/mol. The minimum Gasteiger partial charge on any atom is -0.363 e. The Labute approximate surface area is 155 Å². The molecule has 0 radical (unpaired) electrons. The van der Waals surface area contributed by atoms with Gasteiger partial charge in [0, 0.05) is 31.2 Å². The van der Waals surface area contributed by atoms with Gasteiger partial charge in [0.2, 0.25) is 11.6 Å². The summed E-state index contributed by atoms with van der Waals surface area (Å²) < 4.78 is 54.2. The fourth-order valence-corrected chi connectivity index (χ4v) is 3.21. The number of piperazine rings is 1. The Hall–Kier alpha value is -2.06. The summed E-state index contributed by atoms with van der Waals surface area (Å²) in [6, 6.07) is 4.43. The molecule has 138 valence electrons.